The summed E-state index contributed by atoms with van der Waals surface area (Å²) < 4.78 is 0. The molecule has 0 bridgehead atoms. The number of pyridine rings is 1. The molecule has 2 rings (SSSR count). The maximum Gasteiger partial charge on any atom is 0.354 e. The topological polar surface area (TPSA) is 79.3 Å². The number of anilines is 1. The second-order valence-electron chi connectivity index (χ2n) is 3.14. The van der Waals surface area contributed by atoms with Gasteiger partial charge in [-0.2, -0.15) is 0 Å². The molecule has 0 unspecified atom stereocenters. The summed E-state index contributed by atoms with van der Waals surface area (Å²) >= 11 is 1.30. The van der Waals surface area contributed by atoms with E-state index in [1.54, 1.807) is 17.5 Å². The van der Waals surface area contributed by atoms with Gasteiger partial charge in [0.2, 0.25) is 0 Å². The van der Waals surface area contributed by atoms with Gasteiger partial charge in [0.05, 0.1) is 4.88 Å². The Balaban J connectivity index is 2.16. The minimum Gasteiger partial charge on any atom is -0.477 e. The molecule has 0 aliphatic heterocycles. The number of carbonyl (C=O) groups excluding carboxylic acids is 1. The van der Waals surface area contributed by atoms with Gasteiger partial charge in [-0.15, -0.1) is 11.3 Å². The van der Waals surface area contributed by atoms with Gasteiger partial charge in [0.15, 0.2) is 5.69 Å². The zero-order valence-electron chi connectivity index (χ0n) is 8.58. The van der Waals surface area contributed by atoms with Crippen molar-refractivity contribution in [3.05, 3.63) is 46.3 Å². The molecule has 6 heteroatoms. The van der Waals surface area contributed by atoms with Crippen LogP contribution in [-0.4, -0.2) is 22.0 Å². The van der Waals surface area contributed by atoms with Gasteiger partial charge in [-0.25, -0.2) is 9.78 Å². The van der Waals surface area contributed by atoms with E-state index < -0.39 is 5.97 Å². The minimum atomic E-state index is -1.13. The van der Waals surface area contributed by atoms with Crippen LogP contribution in [0, 0.1) is 0 Å². The van der Waals surface area contributed by atoms with Crippen LogP contribution >= 0.6 is 11.3 Å². The van der Waals surface area contributed by atoms with Gasteiger partial charge in [-0.3, -0.25) is 4.79 Å². The Morgan fingerprint density at radius 1 is 1.24 bits per heavy atom. The predicted octanol–water partition coefficient (Wildman–Crippen LogP) is 2.09. The Bertz CT molecular complexity index is 552. The molecule has 2 heterocycles. The first kappa shape index (κ1) is 11.3. The van der Waals surface area contributed by atoms with E-state index in [2.05, 4.69) is 10.3 Å². The van der Waals surface area contributed by atoms with Crippen LogP contribution in [0.15, 0.2) is 35.7 Å². The summed E-state index contributed by atoms with van der Waals surface area (Å²) in [6.45, 7) is 0. The smallest absolute Gasteiger partial charge is 0.354 e. The summed E-state index contributed by atoms with van der Waals surface area (Å²) in [6.07, 6.45) is 0. The average Bonchev–Trinajstić information content (AvgIpc) is 2.82. The van der Waals surface area contributed by atoms with Crippen LogP contribution in [0.5, 0.6) is 0 Å². The molecular weight excluding hydrogens is 240 g/mol. The molecule has 0 radical (unpaired) electrons. The molecular formula is C11H8N2O3S. The van der Waals surface area contributed by atoms with E-state index in [9.17, 15) is 9.59 Å². The quantitative estimate of drug-likeness (QED) is 0.871. The Morgan fingerprint density at radius 2 is 2.06 bits per heavy atom. The van der Waals surface area contributed by atoms with Crippen molar-refractivity contribution in [1.29, 1.82) is 0 Å². The van der Waals surface area contributed by atoms with Crippen molar-refractivity contribution in [2.45, 2.75) is 0 Å². The van der Waals surface area contributed by atoms with E-state index in [1.807, 2.05) is 0 Å². The number of carboxylic acid groups (broad SMARTS) is 1. The molecule has 0 saturated carbocycles. The van der Waals surface area contributed by atoms with Crippen LogP contribution < -0.4 is 5.32 Å². The number of thiophene rings is 1. The lowest BCUT2D eigenvalue weighted by atomic mass is 10.3. The minimum absolute atomic E-state index is 0.103. The fourth-order valence-electron chi connectivity index (χ4n) is 1.21. The van der Waals surface area contributed by atoms with E-state index in [0.29, 0.717) is 4.88 Å². The second-order valence-corrected chi connectivity index (χ2v) is 4.09. The monoisotopic (exact) mass is 248 g/mol. The highest BCUT2D eigenvalue weighted by Crippen LogP contribution is 2.12. The van der Waals surface area contributed by atoms with Gasteiger partial charge in [-0.1, -0.05) is 12.1 Å². The number of carbonyl (C=O) groups is 2. The van der Waals surface area contributed by atoms with Crippen LogP contribution in [0.2, 0.25) is 0 Å². The summed E-state index contributed by atoms with van der Waals surface area (Å²) in [6, 6.07) is 7.88. The summed E-state index contributed by atoms with van der Waals surface area (Å²) in [5.74, 6) is -1.20. The van der Waals surface area contributed by atoms with Crippen molar-refractivity contribution in [2.24, 2.45) is 0 Å². The number of rotatable bonds is 3. The third-order valence-electron chi connectivity index (χ3n) is 1.95. The molecule has 0 aliphatic carbocycles. The molecule has 0 fully saturated rings. The fourth-order valence-corrected chi connectivity index (χ4v) is 1.83. The summed E-state index contributed by atoms with van der Waals surface area (Å²) in [7, 11) is 0. The number of nitrogens with zero attached hydrogens (tertiary/aromatic N) is 1. The Hall–Kier alpha value is -2.21. The fraction of sp³-hybridized carbons (Fsp3) is 0. The normalized spacial score (nSPS) is 9.88. The van der Waals surface area contributed by atoms with Gasteiger partial charge in [0.25, 0.3) is 5.91 Å². The van der Waals surface area contributed by atoms with Gasteiger partial charge >= 0.3 is 5.97 Å². The van der Waals surface area contributed by atoms with E-state index in [-0.39, 0.29) is 17.4 Å². The number of amides is 1. The van der Waals surface area contributed by atoms with Gasteiger partial charge < -0.3 is 10.4 Å². The van der Waals surface area contributed by atoms with Crippen LogP contribution in [0.4, 0.5) is 5.82 Å². The van der Waals surface area contributed by atoms with E-state index in [0.717, 1.165) is 0 Å². The number of carboxylic acids is 1. The summed E-state index contributed by atoms with van der Waals surface area (Å²) in [5, 5.41) is 13.1. The molecule has 17 heavy (non-hydrogen) atoms. The molecule has 1 amide bonds. The van der Waals surface area contributed by atoms with Crippen molar-refractivity contribution in [3.8, 4) is 0 Å². The molecule has 0 aliphatic rings. The van der Waals surface area contributed by atoms with Crippen LogP contribution in [0.1, 0.15) is 20.2 Å². The first-order valence-electron chi connectivity index (χ1n) is 4.72. The number of nitrogens with one attached hydrogen (secondary N) is 1. The average molecular weight is 248 g/mol. The third kappa shape index (κ3) is 2.67. The lowest BCUT2D eigenvalue weighted by molar-refractivity contribution is 0.0690. The maximum absolute atomic E-state index is 11.7. The van der Waals surface area contributed by atoms with Crippen molar-refractivity contribution in [1.82, 2.24) is 4.98 Å². The van der Waals surface area contributed by atoms with E-state index in [1.165, 1.54) is 29.5 Å². The highest BCUT2D eigenvalue weighted by molar-refractivity contribution is 7.12. The number of hydrogen-bond donors (Lipinski definition) is 2. The van der Waals surface area contributed by atoms with Gasteiger partial charge in [0.1, 0.15) is 5.82 Å². The molecule has 2 N–H and O–H groups in total. The number of aromatic nitrogens is 1. The third-order valence-corrected chi connectivity index (χ3v) is 2.82. The second kappa shape index (κ2) is 4.75. The van der Waals surface area contributed by atoms with Crippen molar-refractivity contribution in [3.63, 3.8) is 0 Å². The standard InChI is InChI=1S/C11H8N2O3S/c14-10(8-4-2-6-17-8)13-9-5-1-3-7(12-9)11(15)16/h1-6H,(H,15,16)(H,12,13,14). The molecule has 2 aromatic heterocycles. The van der Waals surface area contributed by atoms with Crippen LogP contribution in [0.3, 0.4) is 0 Å². The zero-order chi connectivity index (χ0) is 12.3. The van der Waals surface area contributed by atoms with Crippen molar-refractivity contribution in [2.75, 3.05) is 5.32 Å². The molecule has 86 valence electrons. The first-order chi connectivity index (χ1) is 8.16. The molecule has 0 spiro atoms. The lowest BCUT2D eigenvalue weighted by Crippen LogP contribution is -2.12. The Morgan fingerprint density at radius 3 is 2.71 bits per heavy atom. The van der Waals surface area contributed by atoms with Gasteiger partial charge in [-0.05, 0) is 23.6 Å². The highest BCUT2D eigenvalue weighted by Gasteiger charge is 2.09. The zero-order valence-corrected chi connectivity index (χ0v) is 9.40. The molecule has 0 saturated heterocycles. The first-order valence-corrected chi connectivity index (χ1v) is 5.60. The SMILES string of the molecule is O=C(O)c1cccc(NC(=O)c2cccs2)n1. The predicted molar refractivity (Wildman–Crippen MR) is 63.5 cm³/mol. The van der Waals surface area contributed by atoms with Crippen molar-refractivity contribution < 1.29 is 14.7 Å². The van der Waals surface area contributed by atoms with E-state index in [4.69, 9.17) is 5.11 Å². The maximum atomic E-state index is 11.7. The number of hydrogen-bond acceptors (Lipinski definition) is 4. The van der Waals surface area contributed by atoms with Gasteiger partial charge in [0, 0.05) is 0 Å². The molecule has 0 atom stereocenters. The molecule has 2 aromatic rings. The van der Waals surface area contributed by atoms with Crippen molar-refractivity contribution >= 4 is 29.0 Å². The van der Waals surface area contributed by atoms with Crippen LogP contribution in [0.25, 0.3) is 0 Å². The summed E-state index contributed by atoms with van der Waals surface area (Å²) in [4.78, 5) is 26.7. The highest BCUT2D eigenvalue weighted by atomic mass is 32.1. The molecule has 0 aromatic carbocycles. The Kier molecular flexibility index (Phi) is 3.15. The number of aromatic carboxylic acids is 1. The lowest BCUT2D eigenvalue weighted by Gasteiger charge is -2.03. The Labute approximate surface area is 101 Å². The summed E-state index contributed by atoms with van der Waals surface area (Å²) in [5.41, 5.74) is -0.103. The largest absolute Gasteiger partial charge is 0.477 e. The van der Waals surface area contributed by atoms with Crippen LogP contribution in [-0.2, 0) is 0 Å². The molecule has 5 nitrogen and oxygen atoms in total. The van der Waals surface area contributed by atoms with E-state index >= 15 is 0 Å².